The minimum absolute atomic E-state index is 0.353. The van der Waals surface area contributed by atoms with Crippen molar-refractivity contribution in [1.29, 1.82) is 0 Å². The Morgan fingerprint density at radius 2 is 1.35 bits per heavy atom. The fraction of sp³-hybridized carbons (Fsp3) is 0.905. The van der Waals surface area contributed by atoms with E-state index in [1.54, 1.807) is 6.08 Å². The molecule has 0 aromatic heterocycles. The quantitative estimate of drug-likeness (QED) is 0.192. The van der Waals surface area contributed by atoms with Crippen LogP contribution in [0.4, 0.5) is 0 Å². The fourth-order valence-electron chi connectivity index (χ4n) is 3.28. The fourth-order valence-corrected chi connectivity index (χ4v) is 3.28. The first kappa shape index (κ1) is 24.9. The zero-order valence-electron chi connectivity index (χ0n) is 17.0. The Balaban J connectivity index is 0. The van der Waals surface area contributed by atoms with Gasteiger partial charge in [0.2, 0.25) is 0 Å². The summed E-state index contributed by atoms with van der Waals surface area (Å²) in [4.78, 5) is 0. The van der Waals surface area contributed by atoms with Crippen molar-refractivity contribution in [3.8, 4) is 0 Å². The lowest BCUT2D eigenvalue weighted by molar-refractivity contribution is -0.247. The zero-order valence-corrected chi connectivity index (χ0v) is 17.0. The van der Waals surface area contributed by atoms with Crippen molar-refractivity contribution in [3.05, 3.63) is 12.7 Å². The SMILES string of the molecule is C=CC.CCCCCCCCC(CCC)C(CCC)(OC)OC. The molecule has 0 saturated heterocycles. The van der Waals surface area contributed by atoms with Crippen LogP contribution in [-0.4, -0.2) is 20.0 Å². The molecule has 0 aliphatic heterocycles. The second-order valence-electron chi connectivity index (χ2n) is 6.42. The van der Waals surface area contributed by atoms with E-state index in [9.17, 15) is 0 Å². The van der Waals surface area contributed by atoms with E-state index < -0.39 is 0 Å². The van der Waals surface area contributed by atoms with Gasteiger partial charge in [0, 0.05) is 26.6 Å². The van der Waals surface area contributed by atoms with Gasteiger partial charge in [-0.05, 0) is 19.8 Å². The Bertz CT molecular complexity index is 234. The Kier molecular flexibility index (Phi) is 19.5. The Morgan fingerprint density at radius 1 is 0.826 bits per heavy atom. The average Bonchev–Trinajstić information content (AvgIpc) is 2.56. The van der Waals surface area contributed by atoms with E-state index in [1.807, 2.05) is 21.1 Å². The van der Waals surface area contributed by atoms with Crippen LogP contribution in [0.2, 0.25) is 0 Å². The van der Waals surface area contributed by atoms with Gasteiger partial charge in [-0.15, -0.1) is 6.58 Å². The third-order valence-corrected chi connectivity index (χ3v) is 4.45. The lowest BCUT2D eigenvalue weighted by Crippen LogP contribution is -2.42. The summed E-state index contributed by atoms with van der Waals surface area (Å²) >= 11 is 0. The van der Waals surface area contributed by atoms with Crippen molar-refractivity contribution in [3.63, 3.8) is 0 Å². The van der Waals surface area contributed by atoms with Crippen LogP contribution < -0.4 is 0 Å². The van der Waals surface area contributed by atoms with Gasteiger partial charge >= 0.3 is 0 Å². The highest BCUT2D eigenvalue weighted by Crippen LogP contribution is 2.35. The molecule has 140 valence electrons. The van der Waals surface area contributed by atoms with Crippen molar-refractivity contribution in [1.82, 2.24) is 0 Å². The normalized spacial score (nSPS) is 12.4. The summed E-state index contributed by atoms with van der Waals surface area (Å²) < 4.78 is 11.6. The summed E-state index contributed by atoms with van der Waals surface area (Å²) in [6.07, 6.45) is 15.7. The van der Waals surface area contributed by atoms with Gasteiger partial charge in [0.25, 0.3) is 0 Å². The summed E-state index contributed by atoms with van der Waals surface area (Å²) in [7, 11) is 3.62. The van der Waals surface area contributed by atoms with Gasteiger partial charge in [-0.25, -0.2) is 0 Å². The molecular formula is C21H44O2. The molecule has 2 heteroatoms. The van der Waals surface area contributed by atoms with Crippen LogP contribution >= 0.6 is 0 Å². The van der Waals surface area contributed by atoms with Crippen LogP contribution in [0.25, 0.3) is 0 Å². The first-order chi connectivity index (χ1) is 11.1. The van der Waals surface area contributed by atoms with E-state index in [-0.39, 0.29) is 5.79 Å². The molecule has 0 bridgehead atoms. The van der Waals surface area contributed by atoms with E-state index in [0.717, 1.165) is 12.8 Å². The molecular weight excluding hydrogens is 284 g/mol. The highest BCUT2D eigenvalue weighted by molar-refractivity contribution is 4.79. The van der Waals surface area contributed by atoms with Crippen molar-refractivity contribution < 1.29 is 9.47 Å². The molecule has 0 radical (unpaired) electrons. The molecule has 0 aromatic rings. The lowest BCUT2D eigenvalue weighted by atomic mass is 9.85. The minimum Gasteiger partial charge on any atom is -0.353 e. The second-order valence-corrected chi connectivity index (χ2v) is 6.42. The third-order valence-electron chi connectivity index (χ3n) is 4.45. The smallest absolute Gasteiger partial charge is 0.170 e. The number of methoxy groups -OCH3 is 2. The maximum absolute atomic E-state index is 5.82. The highest BCUT2D eigenvalue weighted by atomic mass is 16.7. The number of unbranched alkanes of at least 4 members (excludes halogenated alkanes) is 5. The number of ether oxygens (including phenoxy) is 2. The standard InChI is InChI=1S/C18H38O2.C3H6/c1-6-9-10-11-12-13-15-17(14-7-2)18(19-4,20-5)16-8-3;1-3-2/h17H,6-16H2,1-5H3;3H,1H2,2H3. The van der Waals surface area contributed by atoms with E-state index >= 15 is 0 Å². The maximum atomic E-state index is 5.82. The molecule has 0 heterocycles. The van der Waals surface area contributed by atoms with Gasteiger partial charge < -0.3 is 9.47 Å². The molecule has 0 saturated carbocycles. The van der Waals surface area contributed by atoms with Gasteiger partial charge in [-0.2, -0.15) is 0 Å². The molecule has 1 atom stereocenters. The van der Waals surface area contributed by atoms with Crippen LogP contribution in [-0.2, 0) is 9.47 Å². The van der Waals surface area contributed by atoms with Crippen LogP contribution in [0.3, 0.4) is 0 Å². The predicted molar refractivity (Wildman–Crippen MR) is 104 cm³/mol. The monoisotopic (exact) mass is 328 g/mol. The first-order valence-corrected chi connectivity index (χ1v) is 9.79. The van der Waals surface area contributed by atoms with Crippen molar-refractivity contribution in [2.45, 2.75) is 104 Å². The first-order valence-electron chi connectivity index (χ1n) is 9.79. The van der Waals surface area contributed by atoms with Gasteiger partial charge in [0.1, 0.15) is 0 Å². The van der Waals surface area contributed by atoms with Crippen molar-refractivity contribution in [2.24, 2.45) is 5.92 Å². The molecule has 0 aromatic carbocycles. The topological polar surface area (TPSA) is 18.5 Å². The van der Waals surface area contributed by atoms with Gasteiger partial charge in [-0.1, -0.05) is 78.2 Å². The molecule has 0 rings (SSSR count). The maximum Gasteiger partial charge on any atom is 0.170 e. The van der Waals surface area contributed by atoms with Crippen molar-refractivity contribution in [2.75, 3.05) is 14.2 Å². The largest absolute Gasteiger partial charge is 0.353 e. The predicted octanol–water partition coefficient (Wildman–Crippen LogP) is 7.13. The van der Waals surface area contributed by atoms with Crippen molar-refractivity contribution >= 4 is 0 Å². The summed E-state index contributed by atoms with van der Waals surface area (Å²) in [5.41, 5.74) is 0. The number of allylic oxidation sites excluding steroid dienone is 1. The van der Waals surface area contributed by atoms with Crippen LogP contribution in [0.5, 0.6) is 0 Å². The molecule has 0 aliphatic carbocycles. The Hall–Kier alpha value is -0.340. The van der Waals surface area contributed by atoms with Crippen LogP contribution in [0, 0.1) is 5.92 Å². The molecule has 0 fully saturated rings. The Labute approximate surface area is 147 Å². The molecule has 0 N–H and O–H groups in total. The van der Waals surface area contributed by atoms with E-state index in [1.165, 1.54) is 57.8 Å². The van der Waals surface area contributed by atoms with Gasteiger partial charge in [0.05, 0.1) is 0 Å². The second kappa shape index (κ2) is 18.0. The number of hydrogen-bond acceptors (Lipinski definition) is 2. The molecule has 1 unspecified atom stereocenters. The highest BCUT2D eigenvalue weighted by Gasteiger charge is 2.37. The molecule has 2 nitrogen and oxygen atoms in total. The molecule has 0 aliphatic rings. The van der Waals surface area contributed by atoms with Gasteiger partial charge in [-0.3, -0.25) is 0 Å². The summed E-state index contributed by atoms with van der Waals surface area (Å²) in [5, 5.41) is 0. The average molecular weight is 329 g/mol. The summed E-state index contributed by atoms with van der Waals surface area (Å²) in [6, 6.07) is 0. The zero-order chi connectivity index (χ0) is 18.0. The Morgan fingerprint density at radius 3 is 1.78 bits per heavy atom. The molecule has 0 amide bonds. The van der Waals surface area contributed by atoms with Gasteiger partial charge in [0.15, 0.2) is 5.79 Å². The summed E-state index contributed by atoms with van der Waals surface area (Å²) in [5.74, 6) is 0.183. The third kappa shape index (κ3) is 11.8. The molecule has 0 spiro atoms. The number of hydrogen-bond donors (Lipinski definition) is 0. The van der Waals surface area contributed by atoms with Crippen LogP contribution in [0.15, 0.2) is 12.7 Å². The van der Waals surface area contributed by atoms with E-state index in [0.29, 0.717) is 5.92 Å². The summed E-state index contributed by atoms with van der Waals surface area (Å²) in [6.45, 7) is 12.0. The number of rotatable bonds is 14. The van der Waals surface area contributed by atoms with E-state index in [4.69, 9.17) is 9.47 Å². The lowest BCUT2D eigenvalue weighted by Gasteiger charge is -2.38. The van der Waals surface area contributed by atoms with Crippen LogP contribution in [0.1, 0.15) is 98.3 Å². The van der Waals surface area contributed by atoms with E-state index in [2.05, 4.69) is 27.4 Å². The molecule has 23 heavy (non-hydrogen) atoms. The minimum atomic E-state index is -0.353.